The summed E-state index contributed by atoms with van der Waals surface area (Å²) in [5.41, 5.74) is 0. The smallest absolute Gasteiger partial charge is 0.238 e. The van der Waals surface area contributed by atoms with Gasteiger partial charge in [0, 0.05) is 10.7 Å². The second-order valence-corrected chi connectivity index (χ2v) is 6.87. The molecule has 0 spiro atoms. The number of ether oxygens (including phenoxy) is 1. The Balaban J connectivity index is 2.69. The van der Waals surface area contributed by atoms with Crippen LogP contribution < -0.4 is 0 Å². The van der Waals surface area contributed by atoms with Gasteiger partial charge in [0.15, 0.2) is 0 Å². The molecule has 0 aromatic rings. The first kappa shape index (κ1) is 12.3. The first-order chi connectivity index (χ1) is 6.41. The van der Waals surface area contributed by atoms with Crippen molar-refractivity contribution in [3.63, 3.8) is 0 Å². The summed E-state index contributed by atoms with van der Waals surface area (Å²) in [4.78, 5) is 0. The van der Waals surface area contributed by atoms with E-state index in [1.807, 2.05) is 13.8 Å². The van der Waals surface area contributed by atoms with Crippen LogP contribution in [0.1, 0.15) is 39.5 Å². The van der Waals surface area contributed by atoms with Gasteiger partial charge < -0.3 is 4.74 Å². The molecule has 5 heteroatoms. The van der Waals surface area contributed by atoms with Crippen LogP contribution in [0, 0.1) is 0 Å². The van der Waals surface area contributed by atoms with Crippen molar-refractivity contribution in [2.45, 2.75) is 57.0 Å². The van der Waals surface area contributed by atoms with Crippen LogP contribution in [-0.4, -0.2) is 25.9 Å². The van der Waals surface area contributed by atoms with E-state index < -0.39 is 14.3 Å². The largest absolute Gasteiger partial charge is 0.374 e. The van der Waals surface area contributed by atoms with Gasteiger partial charge in [-0.3, -0.25) is 0 Å². The standard InChI is InChI=1S/C9H17ClO3S/c1-7(2)13-8-5-3-4-6-9(8)14(10,11)12/h7-9H,3-6H2,1-2H3/t8-,9+/m0/s1. The molecule has 1 rings (SSSR count). The van der Waals surface area contributed by atoms with Crippen molar-refractivity contribution in [2.75, 3.05) is 0 Å². The molecule has 2 atom stereocenters. The van der Waals surface area contributed by atoms with Gasteiger partial charge in [-0.2, -0.15) is 0 Å². The Bertz CT molecular complexity index is 274. The molecule has 1 fully saturated rings. The average molecular weight is 241 g/mol. The summed E-state index contributed by atoms with van der Waals surface area (Å²) in [5.74, 6) is 0. The molecule has 1 saturated carbocycles. The Kier molecular flexibility index (Phi) is 4.22. The normalized spacial score (nSPS) is 29.4. The van der Waals surface area contributed by atoms with Crippen LogP contribution in [0.15, 0.2) is 0 Å². The van der Waals surface area contributed by atoms with Gasteiger partial charge in [0.25, 0.3) is 0 Å². The molecule has 0 bridgehead atoms. The highest BCUT2D eigenvalue weighted by molar-refractivity contribution is 8.14. The molecule has 14 heavy (non-hydrogen) atoms. The third kappa shape index (κ3) is 3.41. The number of halogens is 1. The average Bonchev–Trinajstić information content (AvgIpc) is 2.01. The SMILES string of the molecule is CC(C)O[C@H]1CCCC[C@H]1S(=O)(=O)Cl. The van der Waals surface area contributed by atoms with Crippen molar-refractivity contribution in [1.29, 1.82) is 0 Å². The molecule has 3 nitrogen and oxygen atoms in total. The Hall–Kier alpha value is 0.200. The molecular weight excluding hydrogens is 224 g/mol. The summed E-state index contributed by atoms with van der Waals surface area (Å²) in [5, 5.41) is -0.514. The van der Waals surface area contributed by atoms with Crippen LogP contribution in [0.5, 0.6) is 0 Å². The molecule has 0 unspecified atom stereocenters. The Labute approximate surface area is 90.2 Å². The summed E-state index contributed by atoms with van der Waals surface area (Å²) in [7, 11) is 1.91. The lowest BCUT2D eigenvalue weighted by molar-refractivity contribution is -0.00900. The van der Waals surface area contributed by atoms with Crippen molar-refractivity contribution in [2.24, 2.45) is 0 Å². The maximum absolute atomic E-state index is 11.3. The molecule has 0 radical (unpaired) electrons. The van der Waals surface area contributed by atoms with E-state index in [1.54, 1.807) is 0 Å². The molecule has 0 aliphatic heterocycles. The molecule has 0 aromatic carbocycles. The van der Waals surface area contributed by atoms with E-state index >= 15 is 0 Å². The first-order valence-corrected chi connectivity index (χ1v) is 7.37. The Morgan fingerprint density at radius 3 is 2.36 bits per heavy atom. The predicted octanol–water partition coefficient (Wildman–Crippen LogP) is 2.29. The van der Waals surface area contributed by atoms with Crippen LogP contribution in [-0.2, 0) is 13.8 Å². The minimum atomic E-state index is -3.47. The fraction of sp³-hybridized carbons (Fsp3) is 1.00. The van der Waals surface area contributed by atoms with E-state index in [1.165, 1.54) is 0 Å². The van der Waals surface area contributed by atoms with E-state index in [2.05, 4.69) is 0 Å². The minimum Gasteiger partial charge on any atom is -0.374 e. The lowest BCUT2D eigenvalue weighted by Crippen LogP contribution is -2.38. The van der Waals surface area contributed by atoms with E-state index in [9.17, 15) is 8.42 Å². The molecular formula is C9H17ClO3S. The van der Waals surface area contributed by atoms with Crippen LogP contribution in [0.3, 0.4) is 0 Å². The zero-order chi connectivity index (χ0) is 10.8. The minimum absolute atomic E-state index is 0.0546. The van der Waals surface area contributed by atoms with Crippen molar-refractivity contribution in [3.05, 3.63) is 0 Å². The highest BCUT2D eigenvalue weighted by Gasteiger charge is 2.35. The van der Waals surface area contributed by atoms with Gasteiger partial charge in [-0.25, -0.2) is 8.42 Å². The summed E-state index contributed by atoms with van der Waals surface area (Å²) < 4.78 is 28.1. The van der Waals surface area contributed by atoms with Crippen molar-refractivity contribution < 1.29 is 13.2 Å². The third-order valence-electron chi connectivity index (χ3n) is 2.45. The quantitative estimate of drug-likeness (QED) is 0.711. The van der Waals surface area contributed by atoms with E-state index in [0.29, 0.717) is 6.42 Å². The van der Waals surface area contributed by atoms with Gasteiger partial charge in [-0.1, -0.05) is 12.8 Å². The molecule has 0 N–H and O–H groups in total. The van der Waals surface area contributed by atoms with Crippen LogP contribution in [0.2, 0.25) is 0 Å². The Morgan fingerprint density at radius 2 is 1.86 bits per heavy atom. The molecule has 1 aliphatic rings. The molecule has 0 amide bonds. The maximum atomic E-state index is 11.3. The number of rotatable bonds is 3. The molecule has 0 heterocycles. The first-order valence-electron chi connectivity index (χ1n) is 5.00. The van der Waals surface area contributed by atoms with Crippen molar-refractivity contribution in [3.8, 4) is 0 Å². The Morgan fingerprint density at radius 1 is 1.29 bits per heavy atom. The van der Waals surface area contributed by atoms with Gasteiger partial charge in [-0.05, 0) is 26.7 Å². The molecule has 84 valence electrons. The van der Waals surface area contributed by atoms with Crippen LogP contribution in [0.4, 0.5) is 0 Å². The third-order valence-corrected chi connectivity index (χ3v) is 4.40. The lowest BCUT2D eigenvalue weighted by Gasteiger charge is -2.30. The number of hydrogen-bond donors (Lipinski definition) is 0. The predicted molar refractivity (Wildman–Crippen MR) is 57.0 cm³/mol. The second-order valence-electron chi connectivity index (χ2n) is 4.02. The zero-order valence-electron chi connectivity index (χ0n) is 8.57. The number of hydrogen-bond acceptors (Lipinski definition) is 3. The second kappa shape index (κ2) is 4.81. The summed E-state index contributed by atoms with van der Waals surface area (Å²) in [6, 6.07) is 0. The topological polar surface area (TPSA) is 43.4 Å². The van der Waals surface area contributed by atoms with Crippen molar-refractivity contribution in [1.82, 2.24) is 0 Å². The monoisotopic (exact) mass is 240 g/mol. The lowest BCUT2D eigenvalue weighted by atomic mass is 9.97. The maximum Gasteiger partial charge on any atom is 0.238 e. The summed E-state index contributed by atoms with van der Waals surface area (Å²) in [6.07, 6.45) is 3.22. The van der Waals surface area contributed by atoms with E-state index in [0.717, 1.165) is 19.3 Å². The van der Waals surface area contributed by atoms with E-state index in [-0.39, 0.29) is 12.2 Å². The van der Waals surface area contributed by atoms with Gasteiger partial charge in [0.2, 0.25) is 9.05 Å². The molecule has 1 aliphatic carbocycles. The molecule has 0 saturated heterocycles. The zero-order valence-corrected chi connectivity index (χ0v) is 10.1. The van der Waals surface area contributed by atoms with Crippen molar-refractivity contribution >= 4 is 19.7 Å². The molecule has 0 aromatic heterocycles. The van der Waals surface area contributed by atoms with Gasteiger partial charge in [-0.15, -0.1) is 0 Å². The van der Waals surface area contributed by atoms with Crippen LogP contribution >= 0.6 is 10.7 Å². The van der Waals surface area contributed by atoms with Crippen LogP contribution in [0.25, 0.3) is 0 Å². The highest BCUT2D eigenvalue weighted by atomic mass is 35.7. The fourth-order valence-electron chi connectivity index (χ4n) is 1.89. The van der Waals surface area contributed by atoms with E-state index in [4.69, 9.17) is 15.4 Å². The summed E-state index contributed by atoms with van der Waals surface area (Å²) in [6.45, 7) is 3.82. The van der Waals surface area contributed by atoms with Gasteiger partial charge in [0.1, 0.15) is 5.25 Å². The van der Waals surface area contributed by atoms with Gasteiger partial charge >= 0.3 is 0 Å². The fourth-order valence-corrected chi connectivity index (χ4v) is 3.51. The summed E-state index contributed by atoms with van der Waals surface area (Å²) >= 11 is 0. The van der Waals surface area contributed by atoms with Gasteiger partial charge in [0.05, 0.1) is 12.2 Å². The highest BCUT2D eigenvalue weighted by Crippen LogP contribution is 2.29.